The fourth-order valence-corrected chi connectivity index (χ4v) is 0.106. The summed E-state index contributed by atoms with van der Waals surface area (Å²) in [4.78, 5) is 28.3. The molecule has 0 aliphatic carbocycles. The lowest BCUT2D eigenvalue weighted by Crippen LogP contribution is -2.28. The predicted molar refractivity (Wildman–Crippen MR) is 39.1 cm³/mol. The Kier molecular flexibility index (Phi) is 7.15. The normalized spacial score (nSPS) is 8.15. The molecule has 0 rings (SSSR count). The molecule has 0 radical (unpaired) electrons. The molecular formula is C6H8O7. The van der Waals surface area contributed by atoms with Gasteiger partial charge in [-0.1, -0.05) is 6.58 Å². The van der Waals surface area contributed by atoms with Crippen LogP contribution in [-0.4, -0.2) is 44.4 Å². The molecule has 0 atom stereocenters. The molecule has 0 saturated carbocycles. The van der Waals surface area contributed by atoms with Crippen LogP contribution in [0.2, 0.25) is 0 Å². The number of carboxylic acid groups (broad SMARTS) is 3. The van der Waals surface area contributed by atoms with Gasteiger partial charge in [0.25, 0.3) is 0 Å². The SMILES string of the molecule is C=CC(=O)O.O=C(O)C(O)C(=O)O. The van der Waals surface area contributed by atoms with Gasteiger partial charge < -0.3 is 20.4 Å². The number of rotatable bonds is 3. The van der Waals surface area contributed by atoms with Crippen LogP contribution in [0.25, 0.3) is 0 Å². The minimum absolute atomic E-state index is 0.833. The number of hydrogen-bond donors (Lipinski definition) is 4. The Balaban J connectivity index is 0. The Labute approximate surface area is 72.5 Å². The molecule has 74 valence electrons. The van der Waals surface area contributed by atoms with Crippen LogP contribution in [0.3, 0.4) is 0 Å². The third kappa shape index (κ3) is 10.1. The Bertz CT molecular complexity index is 205. The predicted octanol–water partition coefficient (Wildman–Crippen LogP) is -1.23. The summed E-state index contributed by atoms with van der Waals surface area (Å²) in [6.45, 7) is 2.96. The number of aliphatic hydroxyl groups is 1. The van der Waals surface area contributed by atoms with Gasteiger partial charge in [0.2, 0.25) is 6.10 Å². The first-order valence-electron chi connectivity index (χ1n) is 2.82. The zero-order valence-electron chi connectivity index (χ0n) is 6.38. The first-order chi connectivity index (χ1) is 5.82. The highest BCUT2D eigenvalue weighted by Crippen LogP contribution is 1.79. The molecule has 0 aromatic carbocycles. The van der Waals surface area contributed by atoms with E-state index in [0.717, 1.165) is 6.08 Å². The number of carbonyl (C=O) groups is 3. The molecule has 0 aliphatic rings. The largest absolute Gasteiger partial charge is 0.479 e. The van der Waals surface area contributed by atoms with Gasteiger partial charge in [0.15, 0.2) is 0 Å². The highest BCUT2D eigenvalue weighted by atomic mass is 16.4. The third-order valence-corrected chi connectivity index (χ3v) is 0.642. The van der Waals surface area contributed by atoms with E-state index < -0.39 is 24.0 Å². The van der Waals surface area contributed by atoms with Crippen molar-refractivity contribution < 1.29 is 34.8 Å². The van der Waals surface area contributed by atoms with Gasteiger partial charge in [0.05, 0.1) is 0 Å². The minimum Gasteiger partial charge on any atom is -0.479 e. The Morgan fingerprint density at radius 3 is 1.31 bits per heavy atom. The Morgan fingerprint density at radius 2 is 1.31 bits per heavy atom. The third-order valence-electron chi connectivity index (χ3n) is 0.642. The highest BCUT2D eigenvalue weighted by Gasteiger charge is 2.20. The van der Waals surface area contributed by atoms with Crippen molar-refractivity contribution in [3.05, 3.63) is 12.7 Å². The fourth-order valence-electron chi connectivity index (χ4n) is 0.106. The van der Waals surface area contributed by atoms with E-state index in [1.165, 1.54) is 0 Å². The first kappa shape index (κ1) is 13.7. The van der Waals surface area contributed by atoms with Crippen LogP contribution in [0, 0.1) is 0 Å². The minimum atomic E-state index is -2.30. The van der Waals surface area contributed by atoms with E-state index in [-0.39, 0.29) is 0 Å². The van der Waals surface area contributed by atoms with E-state index >= 15 is 0 Å². The molecule has 0 unspecified atom stereocenters. The topological polar surface area (TPSA) is 132 Å². The van der Waals surface area contributed by atoms with Gasteiger partial charge in [-0.05, 0) is 0 Å². The second kappa shape index (κ2) is 6.80. The van der Waals surface area contributed by atoms with Gasteiger partial charge >= 0.3 is 17.9 Å². The fraction of sp³-hybridized carbons (Fsp3) is 0.167. The van der Waals surface area contributed by atoms with Crippen LogP contribution >= 0.6 is 0 Å². The lowest BCUT2D eigenvalue weighted by Gasteiger charge is -1.93. The van der Waals surface area contributed by atoms with Gasteiger partial charge in [0, 0.05) is 6.08 Å². The van der Waals surface area contributed by atoms with Gasteiger partial charge in [0.1, 0.15) is 0 Å². The van der Waals surface area contributed by atoms with Gasteiger partial charge in [-0.3, -0.25) is 0 Å². The number of carboxylic acids is 3. The first-order valence-corrected chi connectivity index (χ1v) is 2.82. The standard InChI is InChI=1S/C3H4O5.C3H4O2/c4-1(2(5)6)3(7)8;1-2-3(4)5/h1,4H,(H,5,6)(H,7,8);2H,1H2,(H,4,5). The van der Waals surface area contributed by atoms with E-state index in [9.17, 15) is 14.4 Å². The van der Waals surface area contributed by atoms with E-state index in [1.807, 2.05) is 0 Å². The number of aliphatic hydroxyl groups excluding tert-OH is 1. The molecule has 7 heteroatoms. The maximum Gasteiger partial charge on any atom is 0.344 e. The van der Waals surface area contributed by atoms with Crippen LogP contribution in [0.4, 0.5) is 0 Å². The summed E-state index contributed by atoms with van der Waals surface area (Å²) >= 11 is 0. The van der Waals surface area contributed by atoms with Crippen LogP contribution in [0.15, 0.2) is 12.7 Å². The summed E-state index contributed by atoms with van der Waals surface area (Å²) in [5.74, 6) is -4.49. The van der Waals surface area contributed by atoms with Crippen molar-refractivity contribution in [3.8, 4) is 0 Å². The summed E-state index contributed by atoms with van der Waals surface area (Å²) in [5, 5.41) is 31.1. The van der Waals surface area contributed by atoms with Crippen LogP contribution in [0.1, 0.15) is 0 Å². The maximum absolute atomic E-state index is 9.51. The molecule has 0 bridgehead atoms. The van der Waals surface area contributed by atoms with Crippen molar-refractivity contribution >= 4 is 17.9 Å². The van der Waals surface area contributed by atoms with E-state index in [1.54, 1.807) is 0 Å². The van der Waals surface area contributed by atoms with E-state index in [4.69, 9.17) is 20.4 Å². The van der Waals surface area contributed by atoms with E-state index in [2.05, 4.69) is 6.58 Å². The average Bonchev–Trinajstić information content (AvgIpc) is 2.03. The molecule has 7 nitrogen and oxygen atoms in total. The molecule has 0 fully saturated rings. The van der Waals surface area contributed by atoms with Crippen LogP contribution in [-0.2, 0) is 14.4 Å². The molecule has 0 saturated heterocycles. The van der Waals surface area contributed by atoms with Crippen LogP contribution < -0.4 is 0 Å². The molecule has 0 aliphatic heterocycles. The molecular weight excluding hydrogens is 184 g/mol. The van der Waals surface area contributed by atoms with E-state index in [0.29, 0.717) is 0 Å². The molecule has 0 heterocycles. The maximum atomic E-state index is 9.51. The average molecular weight is 192 g/mol. The summed E-state index contributed by atoms with van der Waals surface area (Å²) < 4.78 is 0. The molecule has 0 amide bonds. The van der Waals surface area contributed by atoms with Crippen molar-refractivity contribution in [1.29, 1.82) is 0 Å². The molecule has 13 heavy (non-hydrogen) atoms. The van der Waals surface area contributed by atoms with Crippen molar-refractivity contribution in [2.45, 2.75) is 6.10 Å². The summed E-state index contributed by atoms with van der Waals surface area (Å²) in [6.07, 6.45) is -1.46. The van der Waals surface area contributed by atoms with Crippen molar-refractivity contribution in [1.82, 2.24) is 0 Å². The van der Waals surface area contributed by atoms with Gasteiger partial charge in [-0.2, -0.15) is 0 Å². The van der Waals surface area contributed by atoms with Crippen molar-refractivity contribution in [3.63, 3.8) is 0 Å². The van der Waals surface area contributed by atoms with Crippen molar-refractivity contribution in [2.75, 3.05) is 0 Å². The molecule has 0 aromatic heterocycles. The lowest BCUT2D eigenvalue weighted by molar-refractivity contribution is -0.161. The second-order valence-electron chi connectivity index (χ2n) is 1.62. The number of hydrogen-bond acceptors (Lipinski definition) is 4. The monoisotopic (exact) mass is 192 g/mol. The summed E-state index contributed by atoms with van der Waals surface area (Å²) in [5.41, 5.74) is 0. The van der Waals surface area contributed by atoms with Gasteiger partial charge in [-0.25, -0.2) is 14.4 Å². The quantitative estimate of drug-likeness (QED) is 0.325. The zero-order valence-corrected chi connectivity index (χ0v) is 6.38. The van der Waals surface area contributed by atoms with Gasteiger partial charge in [-0.15, -0.1) is 0 Å². The van der Waals surface area contributed by atoms with Crippen molar-refractivity contribution in [2.24, 2.45) is 0 Å². The second-order valence-corrected chi connectivity index (χ2v) is 1.62. The highest BCUT2D eigenvalue weighted by molar-refractivity contribution is 5.95. The summed E-state index contributed by atoms with van der Waals surface area (Å²) in [7, 11) is 0. The summed E-state index contributed by atoms with van der Waals surface area (Å²) in [6, 6.07) is 0. The number of aliphatic carboxylic acids is 3. The molecule has 0 aromatic rings. The molecule has 4 N–H and O–H groups in total. The Morgan fingerprint density at radius 1 is 1.08 bits per heavy atom. The molecule has 0 spiro atoms. The zero-order chi connectivity index (χ0) is 11.0. The smallest absolute Gasteiger partial charge is 0.344 e. The Hall–Kier alpha value is -1.89. The van der Waals surface area contributed by atoms with Crippen LogP contribution in [0.5, 0.6) is 0 Å². The lowest BCUT2D eigenvalue weighted by atomic mass is 10.4.